The summed E-state index contributed by atoms with van der Waals surface area (Å²) in [6, 6.07) is 18.2. The van der Waals surface area contributed by atoms with Crippen molar-refractivity contribution in [3.8, 4) is 0 Å². The average molecular weight is 420 g/mol. The second-order valence-corrected chi connectivity index (χ2v) is 9.28. The normalized spacial score (nSPS) is 14.3. The van der Waals surface area contributed by atoms with Crippen LogP contribution in [0, 0.1) is 0 Å². The van der Waals surface area contributed by atoms with Gasteiger partial charge in [-0.15, -0.1) is 0 Å². The van der Waals surface area contributed by atoms with Crippen molar-refractivity contribution in [3.05, 3.63) is 72.5 Å². The molecule has 3 aromatic carbocycles. The van der Waals surface area contributed by atoms with Crippen LogP contribution in [0.4, 0.5) is 5.69 Å². The van der Waals surface area contributed by atoms with E-state index in [1.165, 1.54) is 12.1 Å². The van der Waals surface area contributed by atoms with Gasteiger partial charge in [0, 0.05) is 22.7 Å². The highest BCUT2D eigenvalue weighted by molar-refractivity contribution is 7.89. The van der Waals surface area contributed by atoms with Gasteiger partial charge in [0.2, 0.25) is 15.9 Å². The maximum Gasteiger partial charge on any atom is 0.240 e. The van der Waals surface area contributed by atoms with Gasteiger partial charge in [-0.3, -0.25) is 4.79 Å². The molecule has 1 aromatic heterocycles. The Morgan fingerprint density at radius 3 is 2.70 bits per heavy atom. The summed E-state index contributed by atoms with van der Waals surface area (Å²) in [6.45, 7) is 0. The molecule has 0 atom stereocenters. The van der Waals surface area contributed by atoms with Crippen LogP contribution >= 0.6 is 0 Å². The number of rotatable bonds is 6. The molecule has 1 saturated carbocycles. The fraction of sp³-hybridized carbons (Fsp3) is 0.174. The third-order valence-electron chi connectivity index (χ3n) is 5.22. The summed E-state index contributed by atoms with van der Waals surface area (Å²) in [6.07, 6.45) is 3.46. The van der Waals surface area contributed by atoms with E-state index in [0.717, 1.165) is 40.1 Å². The number of nitrogens with one attached hydrogen (secondary N) is 2. The van der Waals surface area contributed by atoms with Crippen LogP contribution in [-0.4, -0.2) is 20.4 Å². The first-order chi connectivity index (χ1) is 14.5. The highest BCUT2D eigenvalue weighted by Crippen LogP contribution is 2.30. The van der Waals surface area contributed by atoms with Crippen molar-refractivity contribution in [2.24, 2.45) is 0 Å². The highest BCUT2D eigenvalue weighted by atomic mass is 32.2. The third kappa shape index (κ3) is 3.69. The zero-order valence-electron chi connectivity index (χ0n) is 16.1. The molecule has 0 aliphatic heterocycles. The monoisotopic (exact) mass is 420 g/mol. The lowest BCUT2D eigenvalue weighted by molar-refractivity contribution is -0.115. The summed E-state index contributed by atoms with van der Waals surface area (Å²) in [5.41, 5.74) is 1.96. The molecule has 2 N–H and O–H groups in total. The molecule has 1 amide bonds. The molecule has 7 heteroatoms. The molecule has 152 valence electrons. The lowest BCUT2D eigenvalue weighted by Gasteiger charge is -2.09. The number of carbonyl (C=O) groups is 1. The summed E-state index contributed by atoms with van der Waals surface area (Å²) in [7, 11) is -3.57. The summed E-state index contributed by atoms with van der Waals surface area (Å²) in [5, 5.41) is 5.84. The van der Waals surface area contributed by atoms with E-state index in [0.29, 0.717) is 5.69 Å². The molecule has 0 saturated heterocycles. The van der Waals surface area contributed by atoms with Crippen molar-refractivity contribution in [2.45, 2.75) is 30.2 Å². The molecule has 0 radical (unpaired) electrons. The van der Waals surface area contributed by atoms with Gasteiger partial charge in [-0.25, -0.2) is 13.1 Å². The molecular weight excluding hydrogens is 400 g/mol. The van der Waals surface area contributed by atoms with E-state index in [2.05, 4.69) is 10.0 Å². The van der Waals surface area contributed by atoms with E-state index in [4.69, 9.17) is 4.42 Å². The molecule has 1 fully saturated rings. The Hall–Kier alpha value is -3.16. The van der Waals surface area contributed by atoms with Crippen LogP contribution in [-0.2, 0) is 21.2 Å². The van der Waals surface area contributed by atoms with Gasteiger partial charge in [-0.1, -0.05) is 36.4 Å². The zero-order valence-corrected chi connectivity index (χ0v) is 16.9. The zero-order chi connectivity index (χ0) is 20.7. The van der Waals surface area contributed by atoms with Gasteiger partial charge in [0.05, 0.1) is 17.6 Å². The third-order valence-corrected chi connectivity index (χ3v) is 6.74. The first kappa shape index (κ1) is 18.8. The summed E-state index contributed by atoms with van der Waals surface area (Å²) < 4.78 is 33.1. The molecule has 0 spiro atoms. The molecule has 6 nitrogen and oxygen atoms in total. The Morgan fingerprint density at radius 1 is 1.03 bits per heavy atom. The Balaban J connectivity index is 1.38. The molecule has 0 bridgehead atoms. The van der Waals surface area contributed by atoms with E-state index in [9.17, 15) is 13.2 Å². The van der Waals surface area contributed by atoms with Gasteiger partial charge in [0.15, 0.2) is 0 Å². The van der Waals surface area contributed by atoms with Crippen molar-refractivity contribution in [2.75, 3.05) is 5.32 Å². The second-order valence-electron chi connectivity index (χ2n) is 7.57. The number of hydrogen-bond acceptors (Lipinski definition) is 4. The molecule has 1 heterocycles. The number of sulfonamides is 1. The first-order valence-electron chi connectivity index (χ1n) is 9.80. The van der Waals surface area contributed by atoms with Crippen LogP contribution in [0.1, 0.15) is 18.4 Å². The number of hydrogen-bond donors (Lipinski definition) is 2. The topological polar surface area (TPSA) is 88.4 Å². The van der Waals surface area contributed by atoms with Crippen molar-refractivity contribution in [1.82, 2.24) is 4.72 Å². The molecule has 5 rings (SSSR count). The number of furan rings is 1. The van der Waals surface area contributed by atoms with Crippen LogP contribution in [0.15, 0.2) is 76.2 Å². The standard InChI is InChI=1S/C23H20N2O4S/c26-22(24-18-5-3-6-19(13-18)30(27,28)25-17-9-10-17)12-16-14-29-21-11-8-15-4-1-2-7-20(15)23(16)21/h1-8,11,13-14,17,25H,9-10,12H2,(H,24,26). The average Bonchev–Trinajstić information content (AvgIpc) is 3.44. The lowest BCUT2D eigenvalue weighted by Crippen LogP contribution is -2.25. The Bertz CT molecular complexity index is 1370. The lowest BCUT2D eigenvalue weighted by atomic mass is 10.0. The minimum absolute atomic E-state index is 0.0254. The Kier molecular flexibility index (Phi) is 4.56. The number of anilines is 1. The van der Waals surface area contributed by atoms with E-state index in [1.807, 2.05) is 36.4 Å². The highest BCUT2D eigenvalue weighted by Gasteiger charge is 2.28. The maximum absolute atomic E-state index is 12.7. The first-order valence-corrected chi connectivity index (χ1v) is 11.3. The van der Waals surface area contributed by atoms with Gasteiger partial charge in [-0.05, 0) is 47.9 Å². The number of carbonyl (C=O) groups excluding carboxylic acids is 1. The SMILES string of the molecule is O=C(Cc1coc2ccc3ccccc3c12)Nc1cccc(S(=O)(=O)NC2CC2)c1. The van der Waals surface area contributed by atoms with E-state index >= 15 is 0 Å². The van der Waals surface area contributed by atoms with Crippen molar-refractivity contribution < 1.29 is 17.6 Å². The quantitative estimate of drug-likeness (QED) is 0.489. The number of benzene rings is 3. The molecule has 1 aliphatic carbocycles. The molecule has 4 aromatic rings. The van der Waals surface area contributed by atoms with Crippen molar-refractivity contribution in [1.29, 1.82) is 0 Å². The van der Waals surface area contributed by atoms with Gasteiger partial charge in [0.1, 0.15) is 5.58 Å². The Labute approximate surface area is 173 Å². The van der Waals surface area contributed by atoms with Gasteiger partial charge >= 0.3 is 0 Å². The minimum Gasteiger partial charge on any atom is -0.464 e. The van der Waals surface area contributed by atoms with Crippen LogP contribution in [0.5, 0.6) is 0 Å². The van der Waals surface area contributed by atoms with Crippen LogP contribution in [0.2, 0.25) is 0 Å². The van der Waals surface area contributed by atoms with Gasteiger partial charge in [-0.2, -0.15) is 0 Å². The van der Waals surface area contributed by atoms with Crippen LogP contribution < -0.4 is 10.0 Å². The largest absolute Gasteiger partial charge is 0.464 e. The summed E-state index contributed by atoms with van der Waals surface area (Å²) in [4.78, 5) is 12.8. The van der Waals surface area contributed by atoms with Crippen LogP contribution in [0.3, 0.4) is 0 Å². The fourth-order valence-electron chi connectivity index (χ4n) is 3.61. The summed E-state index contributed by atoms with van der Waals surface area (Å²) >= 11 is 0. The van der Waals surface area contributed by atoms with E-state index < -0.39 is 10.0 Å². The molecule has 0 unspecified atom stereocenters. The van der Waals surface area contributed by atoms with Crippen molar-refractivity contribution >= 4 is 43.4 Å². The van der Waals surface area contributed by atoms with E-state index in [-0.39, 0.29) is 23.3 Å². The number of fused-ring (bicyclic) bond motifs is 3. The van der Waals surface area contributed by atoms with Crippen molar-refractivity contribution in [3.63, 3.8) is 0 Å². The molecule has 1 aliphatic rings. The Morgan fingerprint density at radius 2 is 1.87 bits per heavy atom. The maximum atomic E-state index is 12.7. The predicted molar refractivity (Wildman–Crippen MR) is 116 cm³/mol. The predicted octanol–water partition coefficient (Wildman–Crippen LogP) is 4.21. The molecular formula is C23H20N2O4S. The van der Waals surface area contributed by atoms with E-state index in [1.54, 1.807) is 18.4 Å². The second kappa shape index (κ2) is 7.27. The smallest absolute Gasteiger partial charge is 0.240 e. The van der Waals surface area contributed by atoms with Gasteiger partial charge in [0.25, 0.3) is 0 Å². The van der Waals surface area contributed by atoms with Gasteiger partial charge < -0.3 is 9.73 Å². The number of amides is 1. The fourth-order valence-corrected chi connectivity index (χ4v) is 4.96. The summed E-state index contributed by atoms with van der Waals surface area (Å²) in [5.74, 6) is -0.240. The molecule has 30 heavy (non-hydrogen) atoms. The minimum atomic E-state index is -3.57. The van der Waals surface area contributed by atoms with Crippen LogP contribution in [0.25, 0.3) is 21.7 Å².